The molecule has 0 radical (unpaired) electrons. The van der Waals surface area contributed by atoms with Crippen LogP contribution in [-0.4, -0.2) is 27.7 Å². The molecule has 0 saturated carbocycles. The van der Waals surface area contributed by atoms with E-state index in [1.54, 1.807) is 30.3 Å². The Morgan fingerprint density at radius 3 is 2.72 bits per heavy atom. The molecule has 0 fully saturated rings. The number of fused-ring (bicyclic) bond motifs is 1. The molecule has 0 saturated heterocycles. The first kappa shape index (κ1) is 17.5. The molecule has 7 nitrogen and oxygen atoms in total. The van der Waals surface area contributed by atoms with Crippen LogP contribution in [0.15, 0.2) is 47.4 Å². The summed E-state index contributed by atoms with van der Waals surface area (Å²) in [5, 5.41) is 3.00. The summed E-state index contributed by atoms with van der Waals surface area (Å²) in [7, 11) is -3.71. The number of carbonyl (C=O) groups is 1. The monoisotopic (exact) mass is 382 g/mol. The molecule has 132 valence electrons. The second kappa shape index (κ2) is 7.30. The number of anilines is 1. The Morgan fingerprint density at radius 1 is 1.12 bits per heavy atom. The lowest BCUT2D eigenvalue weighted by Crippen LogP contribution is -2.27. The van der Waals surface area contributed by atoms with Crippen LogP contribution in [0.4, 0.5) is 5.69 Å². The number of ether oxygens (including phenoxy) is 2. The van der Waals surface area contributed by atoms with Gasteiger partial charge in [-0.25, -0.2) is 13.1 Å². The average molecular weight is 383 g/mol. The lowest BCUT2D eigenvalue weighted by molar-refractivity contribution is -0.116. The number of amides is 1. The molecule has 2 N–H and O–H groups in total. The maximum Gasteiger partial charge on any atom is 0.240 e. The molecule has 1 aliphatic heterocycles. The summed E-state index contributed by atoms with van der Waals surface area (Å²) in [6, 6.07) is 10.9. The molecule has 0 aliphatic carbocycles. The highest BCUT2D eigenvalue weighted by atomic mass is 35.5. The number of benzene rings is 2. The number of hydrogen-bond acceptors (Lipinski definition) is 5. The smallest absolute Gasteiger partial charge is 0.240 e. The van der Waals surface area contributed by atoms with Crippen LogP contribution < -0.4 is 19.5 Å². The molecule has 1 aliphatic rings. The molecule has 9 heteroatoms. The van der Waals surface area contributed by atoms with Gasteiger partial charge in [-0.15, -0.1) is 0 Å². The minimum atomic E-state index is -3.71. The van der Waals surface area contributed by atoms with E-state index in [4.69, 9.17) is 21.1 Å². The van der Waals surface area contributed by atoms with Crippen LogP contribution >= 0.6 is 11.6 Å². The highest BCUT2D eigenvalue weighted by Crippen LogP contribution is 2.34. The summed E-state index contributed by atoms with van der Waals surface area (Å²) in [6.07, 6.45) is -0.0196. The van der Waals surface area contributed by atoms with Crippen molar-refractivity contribution in [3.05, 3.63) is 47.5 Å². The summed E-state index contributed by atoms with van der Waals surface area (Å²) >= 11 is 5.79. The van der Waals surface area contributed by atoms with Gasteiger partial charge in [-0.3, -0.25) is 4.79 Å². The highest BCUT2D eigenvalue weighted by molar-refractivity contribution is 7.89. The minimum Gasteiger partial charge on any atom is -0.454 e. The predicted molar refractivity (Wildman–Crippen MR) is 92.5 cm³/mol. The molecule has 0 unspecified atom stereocenters. The molecule has 3 rings (SSSR count). The number of halogens is 1. The number of sulfonamides is 1. The first-order chi connectivity index (χ1) is 11.9. The summed E-state index contributed by atoms with van der Waals surface area (Å²) in [4.78, 5) is 12.0. The topological polar surface area (TPSA) is 93.7 Å². The third-order valence-electron chi connectivity index (χ3n) is 3.41. The Balaban J connectivity index is 1.52. The summed E-state index contributed by atoms with van der Waals surface area (Å²) in [6.45, 7) is 0.114. The van der Waals surface area contributed by atoms with Gasteiger partial charge < -0.3 is 14.8 Å². The van der Waals surface area contributed by atoms with Crippen LogP contribution in [0.25, 0.3) is 0 Å². The van der Waals surface area contributed by atoms with Crippen molar-refractivity contribution >= 4 is 33.2 Å². The SMILES string of the molecule is O=C(CCNS(=O)(=O)c1cccc(Cl)c1)Nc1ccc2c(c1)OCO2. The molecular formula is C16H15ClN2O5S. The fraction of sp³-hybridized carbons (Fsp3) is 0.188. The van der Waals surface area contributed by atoms with E-state index < -0.39 is 10.0 Å². The van der Waals surface area contributed by atoms with Gasteiger partial charge in [0.15, 0.2) is 11.5 Å². The predicted octanol–water partition coefficient (Wildman–Crippen LogP) is 2.38. The number of nitrogens with one attached hydrogen (secondary N) is 2. The van der Waals surface area contributed by atoms with Crippen LogP contribution in [0.3, 0.4) is 0 Å². The molecule has 1 amide bonds. The van der Waals surface area contributed by atoms with Gasteiger partial charge in [-0.1, -0.05) is 17.7 Å². The number of hydrogen-bond donors (Lipinski definition) is 2. The van der Waals surface area contributed by atoms with Crippen molar-refractivity contribution in [2.45, 2.75) is 11.3 Å². The fourth-order valence-corrected chi connectivity index (χ4v) is 3.55. The molecule has 25 heavy (non-hydrogen) atoms. The first-order valence-electron chi connectivity index (χ1n) is 7.39. The van der Waals surface area contributed by atoms with Crippen LogP contribution in [0.2, 0.25) is 5.02 Å². The Labute approximate surface area is 149 Å². The zero-order valence-electron chi connectivity index (χ0n) is 13.0. The minimum absolute atomic E-state index is 0.0196. The Morgan fingerprint density at radius 2 is 1.92 bits per heavy atom. The summed E-state index contributed by atoms with van der Waals surface area (Å²) < 4.78 is 37.0. The van der Waals surface area contributed by atoms with Crippen LogP contribution in [0, 0.1) is 0 Å². The molecule has 0 spiro atoms. The molecule has 2 aromatic rings. The summed E-state index contributed by atoms with van der Waals surface area (Å²) in [5.41, 5.74) is 0.548. The fourth-order valence-electron chi connectivity index (χ4n) is 2.21. The van der Waals surface area contributed by atoms with Crippen molar-refractivity contribution in [3.63, 3.8) is 0 Å². The van der Waals surface area contributed by atoms with Gasteiger partial charge in [-0.2, -0.15) is 0 Å². The molecule has 1 heterocycles. The van der Waals surface area contributed by atoms with Gasteiger partial charge in [0, 0.05) is 29.7 Å². The zero-order chi connectivity index (χ0) is 17.9. The number of carbonyl (C=O) groups excluding carboxylic acids is 1. The number of rotatable bonds is 6. The third kappa shape index (κ3) is 4.41. The largest absolute Gasteiger partial charge is 0.454 e. The van der Waals surface area contributed by atoms with E-state index in [-0.39, 0.29) is 30.6 Å². The Bertz CT molecular complexity index is 901. The van der Waals surface area contributed by atoms with Gasteiger partial charge in [0.1, 0.15) is 0 Å². The Kier molecular flexibility index (Phi) is 5.12. The quantitative estimate of drug-likeness (QED) is 0.800. The van der Waals surface area contributed by atoms with E-state index in [1.165, 1.54) is 12.1 Å². The van der Waals surface area contributed by atoms with E-state index in [1.807, 2.05) is 0 Å². The van der Waals surface area contributed by atoms with Crippen LogP contribution in [0.5, 0.6) is 11.5 Å². The Hall–Kier alpha value is -2.29. The maximum absolute atomic E-state index is 12.1. The zero-order valence-corrected chi connectivity index (χ0v) is 14.6. The third-order valence-corrected chi connectivity index (χ3v) is 5.10. The van der Waals surface area contributed by atoms with Crippen molar-refractivity contribution in [3.8, 4) is 11.5 Å². The van der Waals surface area contributed by atoms with Crippen molar-refractivity contribution in [2.24, 2.45) is 0 Å². The van der Waals surface area contributed by atoms with Crippen molar-refractivity contribution in [1.29, 1.82) is 0 Å². The average Bonchev–Trinajstić information content (AvgIpc) is 3.02. The standard InChI is InChI=1S/C16H15ClN2O5S/c17-11-2-1-3-13(8-11)25(21,22)18-7-6-16(20)19-12-4-5-14-15(9-12)24-10-23-14/h1-5,8-9,18H,6-7,10H2,(H,19,20). The van der Waals surface area contributed by atoms with E-state index in [2.05, 4.69) is 10.0 Å². The van der Waals surface area contributed by atoms with Crippen molar-refractivity contribution < 1.29 is 22.7 Å². The molecule has 2 aromatic carbocycles. The van der Waals surface area contributed by atoms with E-state index in [0.717, 1.165) is 0 Å². The van der Waals surface area contributed by atoms with Crippen LogP contribution in [-0.2, 0) is 14.8 Å². The van der Waals surface area contributed by atoms with Gasteiger partial charge in [0.2, 0.25) is 22.7 Å². The van der Waals surface area contributed by atoms with Gasteiger partial charge in [-0.05, 0) is 30.3 Å². The van der Waals surface area contributed by atoms with Crippen LogP contribution in [0.1, 0.15) is 6.42 Å². The van der Waals surface area contributed by atoms with E-state index >= 15 is 0 Å². The lowest BCUT2D eigenvalue weighted by atomic mass is 10.2. The maximum atomic E-state index is 12.1. The molecule has 0 aromatic heterocycles. The second-order valence-corrected chi connectivity index (χ2v) is 7.42. The first-order valence-corrected chi connectivity index (χ1v) is 9.25. The normalized spacial score (nSPS) is 12.8. The summed E-state index contributed by atoms with van der Waals surface area (Å²) in [5.74, 6) is 0.847. The molecule has 0 bridgehead atoms. The molecule has 0 atom stereocenters. The van der Waals surface area contributed by atoms with Gasteiger partial charge in [0.25, 0.3) is 0 Å². The van der Waals surface area contributed by atoms with Gasteiger partial charge >= 0.3 is 0 Å². The second-order valence-electron chi connectivity index (χ2n) is 5.22. The van der Waals surface area contributed by atoms with E-state index in [0.29, 0.717) is 22.2 Å². The molecular weight excluding hydrogens is 368 g/mol. The van der Waals surface area contributed by atoms with E-state index in [9.17, 15) is 13.2 Å². The van der Waals surface area contributed by atoms with Crippen molar-refractivity contribution in [1.82, 2.24) is 4.72 Å². The lowest BCUT2D eigenvalue weighted by Gasteiger charge is -2.08. The van der Waals surface area contributed by atoms with Crippen molar-refractivity contribution in [2.75, 3.05) is 18.7 Å². The van der Waals surface area contributed by atoms with Gasteiger partial charge in [0.05, 0.1) is 4.90 Å². The highest BCUT2D eigenvalue weighted by Gasteiger charge is 2.16.